The second kappa shape index (κ2) is 5.85. The average molecular weight is 233 g/mol. The first kappa shape index (κ1) is 13.0. The molecule has 90 valence electrons. The van der Waals surface area contributed by atoms with Crippen molar-refractivity contribution in [3.8, 4) is 6.07 Å². The van der Waals surface area contributed by atoms with Crippen LogP contribution in [0.1, 0.15) is 25.8 Å². The van der Waals surface area contributed by atoms with Crippen LogP contribution in [-0.2, 0) is 0 Å². The molecule has 1 atom stereocenters. The van der Waals surface area contributed by atoms with Crippen molar-refractivity contribution in [2.75, 3.05) is 11.9 Å². The number of benzene rings is 1. The highest BCUT2D eigenvalue weighted by atomic mass is 16.6. The zero-order valence-corrected chi connectivity index (χ0v) is 9.93. The van der Waals surface area contributed by atoms with Crippen LogP contribution >= 0.6 is 0 Å². The highest BCUT2D eigenvalue weighted by Crippen LogP contribution is 2.21. The van der Waals surface area contributed by atoms with Crippen molar-refractivity contribution in [1.29, 1.82) is 5.26 Å². The van der Waals surface area contributed by atoms with E-state index in [9.17, 15) is 10.1 Å². The largest absolute Gasteiger partial charge is 0.384 e. The molecular weight excluding hydrogens is 218 g/mol. The van der Waals surface area contributed by atoms with Crippen LogP contribution in [-0.4, -0.2) is 11.5 Å². The van der Waals surface area contributed by atoms with Gasteiger partial charge in [0.05, 0.1) is 16.2 Å². The summed E-state index contributed by atoms with van der Waals surface area (Å²) in [6.07, 6.45) is 1.04. The molecule has 0 aliphatic heterocycles. The van der Waals surface area contributed by atoms with E-state index in [-0.39, 0.29) is 5.69 Å². The van der Waals surface area contributed by atoms with Gasteiger partial charge in [0, 0.05) is 18.7 Å². The first-order valence-corrected chi connectivity index (χ1v) is 5.50. The number of anilines is 1. The van der Waals surface area contributed by atoms with Crippen molar-refractivity contribution in [3.63, 3.8) is 0 Å². The van der Waals surface area contributed by atoms with Crippen LogP contribution in [0, 0.1) is 27.4 Å². The third-order valence-corrected chi connectivity index (χ3v) is 2.67. The van der Waals surface area contributed by atoms with Gasteiger partial charge in [0.1, 0.15) is 6.07 Å². The number of hydrogen-bond donors (Lipinski definition) is 1. The van der Waals surface area contributed by atoms with Crippen molar-refractivity contribution < 1.29 is 4.92 Å². The number of nitro benzene ring substituents is 1. The second-order valence-electron chi connectivity index (χ2n) is 3.99. The Kier molecular flexibility index (Phi) is 4.46. The van der Waals surface area contributed by atoms with Crippen molar-refractivity contribution in [3.05, 3.63) is 33.9 Å². The maximum atomic E-state index is 10.6. The molecule has 0 heterocycles. The molecule has 0 aliphatic carbocycles. The van der Waals surface area contributed by atoms with Gasteiger partial charge < -0.3 is 5.32 Å². The van der Waals surface area contributed by atoms with Gasteiger partial charge in [-0.2, -0.15) is 5.26 Å². The average Bonchev–Trinajstić information content (AvgIpc) is 2.35. The van der Waals surface area contributed by atoms with E-state index < -0.39 is 4.92 Å². The zero-order valence-electron chi connectivity index (χ0n) is 9.93. The maximum absolute atomic E-state index is 10.6. The smallest absolute Gasteiger partial charge is 0.270 e. The van der Waals surface area contributed by atoms with Gasteiger partial charge in [0.2, 0.25) is 0 Å². The van der Waals surface area contributed by atoms with E-state index in [0.29, 0.717) is 17.2 Å². The van der Waals surface area contributed by atoms with E-state index in [1.807, 2.05) is 6.07 Å². The van der Waals surface area contributed by atoms with E-state index in [1.165, 1.54) is 12.1 Å². The third-order valence-electron chi connectivity index (χ3n) is 2.67. The van der Waals surface area contributed by atoms with Crippen LogP contribution < -0.4 is 5.32 Å². The summed E-state index contributed by atoms with van der Waals surface area (Å²) in [6, 6.07) is 6.24. The van der Waals surface area contributed by atoms with Crippen LogP contribution in [0.2, 0.25) is 0 Å². The molecule has 0 amide bonds. The van der Waals surface area contributed by atoms with E-state index in [2.05, 4.69) is 19.2 Å². The molecule has 0 aliphatic rings. The molecule has 1 rings (SSSR count). The molecule has 0 saturated heterocycles. The topological polar surface area (TPSA) is 79.0 Å². The molecule has 0 radical (unpaired) electrons. The Balaban J connectivity index is 2.87. The fourth-order valence-electron chi connectivity index (χ4n) is 1.32. The molecule has 0 aromatic heterocycles. The summed E-state index contributed by atoms with van der Waals surface area (Å²) in [6.45, 7) is 4.95. The summed E-state index contributed by atoms with van der Waals surface area (Å²) < 4.78 is 0. The predicted molar refractivity (Wildman–Crippen MR) is 65.8 cm³/mol. The van der Waals surface area contributed by atoms with Crippen LogP contribution in [0.4, 0.5) is 11.4 Å². The molecule has 0 spiro atoms. The first-order valence-electron chi connectivity index (χ1n) is 5.50. The molecule has 1 N–H and O–H groups in total. The predicted octanol–water partition coefficient (Wildman–Crippen LogP) is 2.92. The number of hydrogen-bond acceptors (Lipinski definition) is 4. The lowest BCUT2D eigenvalue weighted by Gasteiger charge is -2.12. The fraction of sp³-hybridized carbons (Fsp3) is 0.417. The number of nitriles is 1. The molecule has 0 fully saturated rings. The maximum Gasteiger partial charge on any atom is 0.270 e. The molecule has 1 unspecified atom stereocenters. The van der Waals surface area contributed by atoms with Crippen molar-refractivity contribution in [2.45, 2.75) is 20.3 Å². The summed E-state index contributed by atoms with van der Waals surface area (Å²) >= 11 is 0. The lowest BCUT2D eigenvalue weighted by Crippen LogP contribution is -2.11. The summed E-state index contributed by atoms with van der Waals surface area (Å²) in [5.74, 6) is 0.497. The Bertz CT molecular complexity index is 452. The summed E-state index contributed by atoms with van der Waals surface area (Å²) in [5.41, 5.74) is 0.900. The monoisotopic (exact) mass is 233 g/mol. The van der Waals surface area contributed by atoms with Gasteiger partial charge in [0.25, 0.3) is 5.69 Å². The van der Waals surface area contributed by atoms with Gasteiger partial charge >= 0.3 is 0 Å². The van der Waals surface area contributed by atoms with Gasteiger partial charge in [0.15, 0.2) is 0 Å². The quantitative estimate of drug-likeness (QED) is 0.626. The third kappa shape index (κ3) is 3.45. The minimum atomic E-state index is -0.501. The molecule has 5 heteroatoms. The Morgan fingerprint density at radius 1 is 1.59 bits per heavy atom. The van der Waals surface area contributed by atoms with E-state index in [0.717, 1.165) is 13.0 Å². The molecular formula is C12H15N3O2. The summed E-state index contributed by atoms with van der Waals surface area (Å²) in [7, 11) is 0. The Morgan fingerprint density at radius 2 is 2.29 bits per heavy atom. The van der Waals surface area contributed by atoms with Gasteiger partial charge in [-0.25, -0.2) is 0 Å². The van der Waals surface area contributed by atoms with E-state index in [1.54, 1.807) is 6.07 Å². The molecule has 17 heavy (non-hydrogen) atoms. The van der Waals surface area contributed by atoms with Crippen LogP contribution in [0.5, 0.6) is 0 Å². The lowest BCUT2D eigenvalue weighted by atomic mass is 10.1. The Labute approximate surface area is 100 Å². The number of nitro groups is 1. The summed E-state index contributed by atoms with van der Waals surface area (Å²) in [4.78, 5) is 10.1. The number of non-ortho nitro benzene ring substituents is 1. The molecule has 0 bridgehead atoms. The van der Waals surface area contributed by atoms with Gasteiger partial charge in [-0.3, -0.25) is 10.1 Å². The van der Waals surface area contributed by atoms with Crippen molar-refractivity contribution >= 4 is 11.4 Å². The number of nitrogens with one attached hydrogen (secondary N) is 1. The van der Waals surface area contributed by atoms with Crippen LogP contribution in [0.15, 0.2) is 18.2 Å². The van der Waals surface area contributed by atoms with E-state index >= 15 is 0 Å². The lowest BCUT2D eigenvalue weighted by molar-refractivity contribution is -0.384. The highest BCUT2D eigenvalue weighted by Gasteiger charge is 2.10. The minimum Gasteiger partial charge on any atom is -0.384 e. The Hall–Kier alpha value is -2.09. The standard InChI is InChI=1S/C12H15N3O2/c1-3-9(2)8-14-12-5-4-11(15(16)17)6-10(12)7-13/h4-6,9,14H,3,8H2,1-2H3. The van der Waals surface area contributed by atoms with Gasteiger partial charge in [-0.05, 0) is 12.0 Å². The van der Waals surface area contributed by atoms with Crippen molar-refractivity contribution in [2.24, 2.45) is 5.92 Å². The number of rotatable bonds is 5. The van der Waals surface area contributed by atoms with E-state index in [4.69, 9.17) is 5.26 Å². The highest BCUT2D eigenvalue weighted by molar-refractivity contribution is 5.61. The van der Waals surface area contributed by atoms with Gasteiger partial charge in [-0.15, -0.1) is 0 Å². The first-order chi connectivity index (χ1) is 8.08. The van der Waals surface area contributed by atoms with Crippen LogP contribution in [0.25, 0.3) is 0 Å². The van der Waals surface area contributed by atoms with Crippen LogP contribution in [0.3, 0.4) is 0 Å². The second-order valence-corrected chi connectivity index (χ2v) is 3.99. The Morgan fingerprint density at radius 3 is 2.82 bits per heavy atom. The minimum absolute atomic E-state index is 0.0596. The fourth-order valence-corrected chi connectivity index (χ4v) is 1.32. The summed E-state index contributed by atoms with van der Waals surface area (Å²) in [5, 5.41) is 22.6. The van der Waals surface area contributed by atoms with Crippen molar-refractivity contribution in [1.82, 2.24) is 0 Å². The molecule has 5 nitrogen and oxygen atoms in total. The molecule has 1 aromatic rings. The number of nitrogens with zero attached hydrogens (tertiary/aromatic N) is 2. The normalized spacial score (nSPS) is 11.6. The van der Waals surface area contributed by atoms with Gasteiger partial charge in [-0.1, -0.05) is 20.3 Å². The molecule has 1 aromatic carbocycles. The molecule has 0 saturated carbocycles. The SMILES string of the molecule is CCC(C)CNc1ccc([N+](=O)[O-])cc1C#N. The zero-order chi connectivity index (χ0) is 12.8.